The highest BCUT2D eigenvalue weighted by molar-refractivity contribution is 7.89. The highest BCUT2D eigenvalue weighted by Gasteiger charge is 2.29. The quantitative estimate of drug-likeness (QED) is 0.419. The van der Waals surface area contributed by atoms with E-state index in [1.165, 1.54) is 22.5 Å². The van der Waals surface area contributed by atoms with Crippen molar-refractivity contribution in [1.29, 1.82) is 5.26 Å². The zero-order valence-corrected chi connectivity index (χ0v) is 14.1. The van der Waals surface area contributed by atoms with Gasteiger partial charge in [0, 0.05) is 44.7 Å². The van der Waals surface area contributed by atoms with Gasteiger partial charge in [-0.15, -0.1) is 0 Å². The minimum atomic E-state index is -3.71. The van der Waals surface area contributed by atoms with Crippen LogP contribution in [-0.4, -0.2) is 55.3 Å². The first-order chi connectivity index (χ1) is 11.4. The van der Waals surface area contributed by atoms with E-state index < -0.39 is 14.9 Å². The predicted molar refractivity (Wildman–Crippen MR) is 87.8 cm³/mol. The van der Waals surface area contributed by atoms with Crippen LogP contribution in [0.25, 0.3) is 0 Å². The van der Waals surface area contributed by atoms with Gasteiger partial charge >= 0.3 is 0 Å². The van der Waals surface area contributed by atoms with Gasteiger partial charge in [-0.2, -0.15) is 9.57 Å². The molecule has 0 N–H and O–H groups in total. The Hall–Kier alpha value is -2.02. The maximum Gasteiger partial charge on any atom is 0.270 e. The lowest BCUT2D eigenvalue weighted by molar-refractivity contribution is -0.385. The van der Waals surface area contributed by atoms with Crippen LogP contribution in [0.1, 0.15) is 19.3 Å². The van der Waals surface area contributed by atoms with Crippen LogP contribution in [0.5, 0.6) is 0 Å². The second kappa shape index (κ2) is 8.19. The normalized spacial score (nSPS) is 16.6. The lowest BCUT2D eigenvalue weighted by Gasteiger charge is -2.33. The van der Waals surface area contributed by atoms with Gasteiger partial charge in [-0.25, -0.2) is 8.42 Å². The highest BCUT2D eigenvalue weighted by Crippen LogP contribution is 2.22. The molecule has 1 aliphatic rings. The number of rotatable bonds is 7. The SMILES string of the molecule is N#CCCCCN1CCN(S(=O)(=O)c2cccc([N+](=O)[O-])c2)CC1. The minimum absolute atomic E-state index is 0.0424. The second-order valence-corrected chi connectivity index (χ2v) is 7.55. The van der Waals surface area contributed by atoms with Crippen molar-refractivity contribution in [3.8, 4) is 6.07 Å². The maximum absolute atomic E-state index is 12.6. The van der Waals surface area contributed by atoms with Crippen molar-refractivity contribution in [2.75, 3.05) is 32.7 Å². The van der Waals surface area contributed by atoms with Crippen molar-refractivity contribution in [2.45, 2.75) is 24.2 Å². The fourth-order valence-corrected chi connectivity index (χ4v) is 4.10. The predicted octanol–water partition coefficient (Wildman–Crippen LogP) is 1.59. The molecule has 24 heavy (non-hydrogen) atoms. The Kier molecular flexibility index (Phi) is 6.25. The number of hydrogen-bond acceptors (Lipinski definition) is 6. The summed E-state index contributed by atoms with van der Waals surface area (Å²) in [4.78, 5) is 12.4. The molecule has 0 unspecified atom stereocenters. The standard InChI is InChI=1S/C15H20N4O4S/c16-7-2-1-3-8-17-9-11-18(12-10-17)24(22,23)15-6-4-5-14(13-15)19(20)21/h4-6,13H,1-3,8-12H2. The fraction of sp³-hybridized carbons (Fsp3) is 0.533. The van der Waals surface area contributed by atoms with E-state index in [-0.39, 0.29) is 10.6 Å². The number of hydrogen-bond donors (Lipinski definition) is 0. The van der Waals surface area contributed by atoms with E-state index in [2.05, 4.69) is 11.0 Å². The fourth-order valence-electron chi connectivity index (χ4n) is 2.64. The molecule has 1 fully saturated rings. The average Bonchev–Trinajstić information content (AvgIpc) is 2.59. The highest BCUT2D eigenvalue weighted by atomic mass is 32.2. The van der Waals surface area contributed by atoms with Crippen LogP contribution < -0.4 is 0 Å². The number of nitro benzene ring substituents is 1. The van der Waals surface area contributed by atoms with Crippen molar-refractivity contribution in [2.24, 2.45) is 0 Å². The van der Waals surface area contributed by atoms with Gasteiger partial charge in [-0.3, -0.25) is 10.1 Å². The third kappa shape index (κ3) is 4.50. The van der Waals surface area contributed by atoms with Gasteiger partial charge in [-0.1, -0.05) is 6.07 Å². The zero-order chi connectivity index (χ0) is 17.6. The molecule has 0 bridgehead atoms. The van der Waals surface area contributed by atoms with Gasteiger partial charge < -0.3 is 4.90 Å². The molecule has 0 spiro atoms. The van der Waals surface area contributed by atoms with Crippen LogP contribution in [0, 0.1) is 21.4 Å². The van der Waals surface area contributed by atoms with E-state index >= 15 is 0 Å². The molecule has 0 atom stereocenters. The molecule has 1 aromatic carbocycles. The molecule has 0 radical (unpaired) electrons. The number of unbranched alkanes of at least 4 members (excludes halogenated alkanes) is 2. The second-order valence-electron chi connectivity index (χ2n) is 5.62. The zero-order valence-electron chi connectivity index (χ0n) is 13.3. The Morgan fingerprint density at radius 2 is 1.92 bits per heavy atom. The summed E-state index contributed by atoms with van der Waals surface area (Å²) in [5.74, 6) is 0. The Balaban J connectivity index is 1.96. The first kappa shape index (κ1) is 18.3. The van der Waals surface area contributed by atoms with Gasteiger partial charge in [-0.05, 0) is 25.5 Å². The largest absolute Gasteiger partial charge is 0.301 e. The van der Waals surface area contributed by atoms with E-state index in [1.807, 2.05) is 0 Å². The first-order valence-corrected chi connectivity index (χ1v) is 9.23. The van der Waals surface area contributed by atoms with Crippen LogP contribution in [0.4, 0.5) is 5.69 Å². The molecule has 0 amide bonds. The van der Waals surface area contributed by atoms with E-state index in [4.69, 9.17) is 5.26 Å². The molecule has 1 heterocycles. The molecule has 8 nitrogen and oxygen atoms in total. The summed E-state index contributed by atoms with van der Waals surface area (Å²) >= 11 is 0. The summed E-state index contributed by atoms with van der Waals surface area (Å²) < 4.78 is 26.6. The van der Waals surface area contributed by atoms with E-state index in [0.717, 1.165) is 25.5 Å². The molecule has 130 valence electrons. The monoisotopic (exact) mass is 352 g/mol. The summed E-state index contributed by atoms with van der Waals surface area (Å²) in [6, 6.07) is 7.26. The number of non-ortho nitro benzene ring substituents is 1. The summed E-state index contributed by atoms with van der Waals surface area (Å²) in [6.45, 7) is 2.83. The molecule has 1 aliphatic heterocycles. The van der Waals surface area contributed by atoms with Crippen LogP contribution >= 0.6 is 0 Å². The Labute approximate surface area is 141 Å². The lowest BCUT2D eigenvalue weighted by Crippen LogP contribution is -2.48. The smallest absolute Gasteiger partial charge is 0.270 e. The number of nitro groups is 1. The molecular weight excluding hydrogens is 332 g/mol. The molecule has 1 saturated heterocycles. The van der Waals surface area contributed by atoms with Crippen molar-refractivity contribution in [3.05, 3.63) is 34.4 Å². The molecular formula is C15H20N4O4S. The maximum atomic E-state index is 12.6. The van der Waals surface area contributed by atoms with Gasteiger partial charge in [0.15, 0.2) is 0 Å². The number of sulfonamides is 1. The third-order valence-electron chi connectivity index (χ3n) is 4.01. The number of nitrogens with zero attached hydrogens (tertiary/aromatic N) is 4. The van der Waals surface area contributed by atoms with Gasteiger partial charge in [0.1, 0.15) is 0 Å². The number of benzene rings is 1. The van der Waals surface area contributed by atoms with E-state index in [0.29, 0.717) is 32.6 Å². The Morgan fingerprint density at radius 1 is 1.21 bits per heavy atom. The molecule has 0 aliphatic carbocycles. The molecule has 0 saturated carbocycles. The van der Waals surface area contributed by atoms with Gasteiger partial charge in [0.25, 0.3) is 5.69 Å². The summed E-state index contributed by atoms with van der Waals surface area (Å²) in [7, 11) is -3.71. The summed E-state index contributed by atoms with van der Waals surface area (Å²) in [5, 5.41) is 19.3. The van der Waals surface area contributed by atoms with Crippen molar-refractivity contribution < 1.29 is 13.3 Å². The first-order valence-electron chi connectivity index (χ1n) is 7.79. The van der Waals surface area contributed by atoms with Crippen LogP contribution in [0.2, 0.25) is 0 Å². The van der Waals surface area contributed by atoms with Crippen LogP contribution in [0.3, 0.4) is 0 Å². The number of nitriles is 1. The number of piperazine rings is 1. The topological polar surface area (TPSA) is 108 Å². The van der Waals surface area contributed by atoms with Crippen LogP contribution in [-0.2, 0) is 10.0 Å². The lowest BCUT2D eigenvalue weighted by atomic mass is 10.2. The Bertz CT molecular complexity index is 721. The van der Waals surface area contributed by atoms with E-state index in [1.54, 1.807) is 0 Å². The van der Waals surface area contributed by atoms with Crippen molar-refractivity contribution >= 4 is 15.7 Å². The summed E-state index contributed by atoms with van der Waals surface area (Å²) in [6.07, 6.45) is 2.31. The van der Waals surface area contributed by atoms with Crippen molar-refractivity contribution in [1.82, 2.24) is 9.21 Å². The molecule has 1 aromatic rings. The van der Waals surface area contributed by atoms with Crippen LogP contribution in [0.15, 0.2) is 29.2 Å². The van der Waals surface area contributed by atoms with E-state index in [9.17, 15) is 18.5 Å². The minimum Gasteiger partial charge on any atom is -0.301 e. The average molecular weight is 352 g/mol. The van der Waals surface area contributed by atoms with Crippen molar-refractivity contribution in [3.63, 3.8) is 0 Å². The third-order valence-corrected chi connectivity index (χ3v) is 5.91. The molecule has 0 aromatic heterocycles. The molecule has 9 heteroatoms. The molecule has 2 rings (SSSR count). The summed E-state index contributed by atoms with van der Waals surface area (Å²) in [5.41, 5.74) is -0.229. The Morgan fingerprint density at radius 3 is 2.54 bits per heavy atom. The van der Waals surface area contributed by atoms with Gasteiger partial charge in [0.05, 0.1) is 15.9 Å². The van der Waals surface area contributed by atoms with Gasteiger partial charge in [0.2, 0.25) is 10.0 Å².